The van der Waals surface area contributed by atoms with Crippen molar-refractivity contribution in [2.75, 3.05) is 13.2 Å². The number of amides is 1. The number of carbonyl (C=O) groups excluding carboxylic acids is 2. The van der Waals surface area contributed by atoms with Crippen LogP contribution in [-0.4, -0.2) is 47.4 Å². The molecule has 0 aliphatic carbocycles. The molecular weight excluding hydrogens is 887 g/mol. The third kappa shape index (κ3) is 57.1. The Balaban J connectivity index is 3.42. The summed E-state index contributed by atoms with van der Waals surface area (Å²) in [6.07, 6.45) is 78.8. The van der Waals surface area contributed by atoms with E-state index in [0.29, 0.717) is 19.4 Å². The first-order chi connectivity index (χ1) is 35.5. The number of aliphatic hydroxyl groups excluding tert-OH is 2. The van der Waals surface area contributed by atoms with Crippen molar-refractivity contribution < 1.29 is 24.5 Å². The normalized spacial score (nSPS) is 12.9. The predicted octanol–water partition coefficient (Wildman–Crippen LogP) is 20.1. The summed E-state index contributed by atoms with van der Waals surface area (Å²) in [7, 11) is 0. The Morgan fingerprint density at radius 1 is 0.389 bits per heavy atom. The Kier molecular flexibility index (Phi) is 59.5. The highest BCUT2D eigenvalue weighted by atomic mass is 16.5. The lowest BCUT2D eigenvalue weighted by molar-refractivity contribution is -0.143. The van der Waals surface area contributed by atoms with E-state index >= 15 is 0 Å². The summed E-state index contributed by atoms with van der Waals surface area (Å²) in [5.74, 6) is -0.0669. The van der Waals surface area contributed by atoms with E-state index in [9.17, 15) is 19.8 Å². The average Bonchev–Trinajstić information content (AvgIpc) is 3.38. The number of rotatable bonds is 59. The Hall–Kier alpha value is -2.18. The van der Waals surface area contributed by atoms with Gasteiger partial charge in [0.1, 0.15) is 0 Å². The number of esters is 1. The van der Waals surface area contributed by atoms with Crippen molar-refractivity contribution in [2.45, 2.75) is 347 Å². The fourth-order valence-corrected chi connectivity index (χ4v) is 9.66. The smallest absolute Gasteiger partial charge is 0.305 e. The molecule has 0 heterocycles. The van der Waals surface area contributed by atoms with Gasteiger partial charge < -0.3 is 20.3 Å². The minimum absolute atomic E-state index is 0.00206. The second-order valence-electron chi connectivity index (χ2n) is 21.7. The standard InChI is InChI=1S/C66H123NO5/c1-3-5-7-9-11-13-15-34-38-42-46-50-54-58-64(69)63(62-68)67-65(70)59-55-51-47-43-39-36-32-30-28-26-24-22-20-18-17-19-21-23-25-27-29-31-33-37-41-45-49-53-57-61-72-66(71)60-56-52-48-44-40-35-16-14-12-10-8-6-4-2/h14,16-17,19,23,25,54,58,63-64,68-69H,3-13,15,18,20-22,24,26-53,55-57,59-62H2,1-2H3,(H,67,70)/b16-14-,19-17-,25-23-,58-54+. The van der Waals surface area contributed by atoms with Crippen LogP contribution in [0.1, 0.15) is 335 Å². The van der Waals surface area contributed by atoms with Crippen LogP contribution >= 0.6 is 0 Å². The monoisotopic (exact) mass is 1010 g/mol. The van der Waals surface area contributed by atoms with Crippen LogP contribution in [0.4, 0.5) is 0 Å². The topological polar surface area (TPSA) is 95.9 Å². The van der Waals surface area contributed by atoms with E-state index < -0.39 is 12.1 Å². The molecule has 1 amide bonds. The Bertz CT molecular complexity index is 1210. The zero-order valence-corrected chi connectivity index (χ0v) is 48.2. The van der Waals surface area contributed by atoms with Gasteiger partial charge >= 0.3 is 5.97 Å². The van der Waals surface area contributed by atoms with Crippen molar-refractivity contribution in [3.8, 4) is 0 Å². The maximum Gasteiger partial charge on any atom is 0.305 e. The molecule has 72 heavy (non-hydrogen) atoms. The number of unbranched alkanes of at least 4 members (excludes halogenated alkanes) is 42. The Morgan fingerprint density at radius 2 is 0.694 bits per heavy atom. The van der Waals surface area contributed by atoms with Crippen LogP contribution in [0.5, 0.6) is 0 Å². The van der Waals surface area contributed by atoms with Gasteiger partial charge in [-0.2, -0.15) is 0 Å². The van der Waals surface area contributed by atoms with E-state index in [1.807, 2.05) is 6.08 Å². The van der Waals surface area contributed by atoms with Crippen molar-refractivity contribution in [2.24, 2.45) is 0 Å². The van der Waals surface area contributed by atoms with Crippen molar-refractivity contribution in [1.29, 1.82) is 0 Å². The van der Waals surface area contributed by atoms with Gasteiger partial charge in [0.2, 0.25) is 5.91 Å². The quantitative estimate of drug-likeness (QED) is 0.0320. The summed E-state index contributed by atoms with van der Waals surface area (Å²) in [6, 6.07) is -0.628. The highest BCUT2D eigenvalue weighted by Crippen LogP contribution is 2.17. The number of aliphatic hydroxyl groups is 2. The molecule has 0 aliphatic heterocycles. The minimum atomic E-state index is -0.845. The van der Waals surface area contributed by atoms with Gasteiger partial charge in [-0.05, 0) is 89.9 Å². The zero-order chi connectivity index (χ0) is 52.2. The van der Waals surface area contributed by atoms with Gasteiger partial charge in [0.05, 0.1) is 25.4 Å². The molecule has 0 rings (SSSR count). The minimum Gasteiger partial charge on any atom is -0.466 e. The van der Waals surface area contributed by atoms with Gasteiger partial charge in [-0.1, -0.05) is 281 Å². The number of hydrogen-bond acceptors (Lipinski definition) is 5. The number of ether oxygens (including phenoxy) is 1. The Labute approximate surface area is 448 Å². The van der Waals surface area contributed by atoms with Crippen LogP contribution in [0.25, 0.3) is 0 Å². The summed E-state index contributed by atoms with van der Waals surface area (Å²) in [4.78, 5) is 24.5. The molecule has 3 N–H and O–H groups in total. The van der Waals surface area contributed by atoms with E-state index in [2.05, 4.69) is 55.6 Å². The molecule has 0 aromatic carbocycles. The van der Waals surface area contributed by atoms with Crippen molar-refractivity contribution in [1.82, 2.24) is 5.32 Å². The fourth-order valence-electron chi connectivity index (χ4n) is 9.66. The molecule has 0 radical (unpaired) electrons. The summed E-state index contributed by atoms with van der Waals surface area (Å²) in [5, 5.41) is 23.1. The molecule has 0 saturated carbocycles. The lowest BCUT2D eigenvalue weighted by Crippen LogP contribution is -2.45. The molecule has 6 nitrogen and oxygen atoms in total. The van der Waals surface area contributed by atoms with E-state index in [1.165, 1.54) is 257 Å². The fraction of sp³-hybridized carbons (Fsp3) is 0.848. The van der Waals surface area contributed by atoms with Gasteiger partial charge in [-0.25, -0.2) is 0 Å². The number of hydrogen-bond donors (Lipinski definition) is 3. The number of nitrogens with one attached hydrogen (secondary N) is 1. The molecule has 0 fully saturated rings. The van der Waals surface area contributed by atoms with Crippen LogP contribution in [0.2, 0.25) is 0 Å². The Morgan fingerprint density at radius 3 is 1.08 bits per heavy atom. The van der Waals surface area contributed by atoms with E-state index in [4.69, 9.17) is 4.74 Å². The van der Waals surface area contributed by atoms with Crippen molar-refractivity contribution >= 4 is 11.9 Å². The second-order valence-corrected chi connectivity index (χ2v) is 21.7. The summed E-state index contributed by atoms with van der Waals surface area (Å²) < 4.78 is 5.47. The van der Waals surface area contributed by atoms with Crippen LogP contribution in [-0.2, 0) is 14.3 Å². The third-order valence-electron chi connectivity index (χ3n) is 14.6. The lowest BCUT2D eigenvalue weighted by atomic mass is 10.0. The first-order valence-corrected chi connectivity index (χ1v) is 31.9. The number of carbonyl (C=O) groups is 2. The van der Waals surface area contributed by atoms with Crippen LogP contribution < -0.4 is 5.32 Å². The molecule has 0 aromatic heterocycles. The largest absolute Gasteiger partial charge is 0.466 e. The van der Waals surface area contributed by atoms with E-state index in [1.54, 1.807) is 6.08 Å². The van der Waals surface area contributed by atoms with Gasteiger partial charge in [0.15, 0.2) is 0 Å². The van der Waals surface area contributed by atoms with Crippen molar-refractivity contribution in [3.63, 3.8) is 0 Å². The summed E-state index contributed by atoms with van der Waals surface area (Å²) in [5.41, 5.74) is 0. The van der Waals surface area contributed by atoms with Crippen LogP contribution in [0.15, 0.2) is 48.6 Å². The SMILES string of the molecule is CCCCCC/C=C\CCCCCCCC(=O)OCCCCCCCCCCC/C=C\C/C=C\CCCCCCCCCCCCCCCC(=O)NC(CO)C(O)/C=C/CCCCCCCCCCCCC. The molecule has 0 bridgehead atoms. The molecular formula is C66H123NO5. The molecule has 2 atom stereocenters. The average molecular weight is 1010 g/mol. The van der Waals surface area contributed by atoms with Crippen LogP contribution in [0, 0.1) is 0 Å². The number of allylic oxidation sites excluding steroid dienone is 7. The van der Waals surface area contributed by atoms with Gasteiger partial charge in [-0.3, -0.25) is 9.59 Å². The molecule has 6 heteroatoms. The first-order valence-electron chi connectivity index (χ1n) is 31.9. The van der Waals surface area contributed by atoms with Crippen LogP contribution in [0.3, 0.4) is 0 Å². The van der Waals surface area contributed by atoms with E-state index in [-0.39, 0.29) is 18.5 Å². The molecule has 0 aromatic rings. The molecule has 0 aliphatic rings. The highest BCUT2D eigenvalue weighted by Gasteiger charge is 2.18. The van der Waals surface area contributed by atoms with Gasteiger partial charge in [-0.15, -0.1) is 0 Å². The molecule has 0 spiro atoms. The summed E-state index contributed by atoms with van der Waals surface area (Å²) >= 11 is 0. The van der Waals surface area contributed by atoms with Gasteiger partial charge in [0, 0.05) is 12.8 Å². The molecule has 422 valence electrons. The van der Waals surface area contributed by atoms with Crippen molar-refractivity contribution in [3.05, 3.63) is 48.6 Å². The van der Waals surface area contributed by atoms with E-state index in [0.717, 1.165) is 51.4 Å². The third-order valence-corrected chi connectivity index (χ3v) is 14.6. The second kappa shape index (κ2) is 61.4. The zero-order valence-electron chi connectivity index (χ0n) is 48.2. The maximum atomic E-state index is 12.4. The lowest BCUT2D eigenvalue weighted by Gasteiger charge is -2.20. The highest BCUT2D eigenvalue weighted by molar-refractivity contribution is 5.76. The molecule has 0 saturated heterocycles. The predicted molar refractivity (Wildman–Crippen MR) is 315 cm³/mol. The maximum absolute atomic E-state index is 12.4. The summed E-state index contributed by atoms with van der Waals surface area (Å²) in [6.45, 7) is 4.89. The molecule has 2 unspecified atom stereocenters. The van der Waals surface area contributed by atoms with Gasteiger partial charge in [0.25, 0.3) is 0 Å². The first kappa shape index (κ1) is 69.8.